The summed E-state index contributed by atoms with van der Waals surface area (Å²) < 4.78 is 0. The van der Waals surface area contributed by atoms with Gasteiger partial charge < -0.3 is 10.4 Å². The van der Waals surface area contributed by atoms with Gasteiger partial charge in [0.1, 0.15) is 0 Å². The maximum Gasteiger partial charge on any atom is 0.237 e. The van der Waals surface area contributed by atoms with Gasteiger partial charge >= 0.3 is 0 Å². The van der Waals surface area contributed by atoms with E-state index in [1.165, 1.54) is 6.42 Å². The molecule has 106 valence electrons. The SMILES string of the molecule is CC[C@@H](C(=O)NC1(CO)CCCCC1)N(C)CC. The molecule has 0 unspecified atom stereocenters. The van der Waals surface area contributed by atoms with Crippen LogP contribution in [-0.2, 0) is 4.79 Å². The molecule has 2 N–H and O–H groups in total. The molecule has 4 heteroatoms. The summed E-state index contributed by atoms with van der Waals surface area (Å²) in [5.41, 5.74) is -0.364. The zero-order chi connectivity index (χ0) is 13.6. The van der Waals surface area contributed by atoms with Gasteiger partial charge in [-0.25, -0.2) is 0 Å². The molecular weight excluding hydrogens is 228 g/mol. The lowest BCUT2D eigenvalue weighted by atomic mass is 9.82. The van der Waals surface area contributed by atoms with Crippen LogP contribution in [0.3, 0.4) is 0 Å². The van der Waals surface area contributed by atoms with Gasteiger partial charge in [0.25, 0.3) is 0 Å². The second-order valence-corrected chi connectivity index (χ2v) is 5.49. The fourth-order valence-electron chi connectivity index (χ4n) is 2.81. The molecule has 1 rings (SSSR count). The predicted octanol–water partition coefficient (Wildman–Crippen LogP) is 1.53. The molecule has 18 heavy (non-hydrogen) atoms. The van der Waals surface area contributed by atoms with Gasteiger partial charge in [0.05, 0.1) is 18.2 Å². The van der Waals surface area contributed by atoms with Crippen LogP contribution in [0.15, 0.2) is 0 Å². The Labute approximate surface area is 111 Å². The highest BCUT2D eigenvalue weighted by atomic mass is 16.3. The van der Waals surface area contributed by atoms with Crippen molar-refractivity contribution in [2.24, 2.45) is 0 Å². The van der Waals surface area contributed by atoms with E-state index in [1.807, 2.05) is 14.0 Å². The Bertz CT molecular complexity index is 263. The molecule has 1 aliphatic carbocycles. The number of carbonyl (C=O) groups excluding carboxylic acids is 1. The Kier molecular flexibility index (Phi) is 6.09. The van der Waals surface area contributed by atoms with Gasteiger partial charge in [-0.05, 0) is 32.9 Å². The minimum atomic E-state index is -0.364. The largest absolute Gasteiger partial charge is 0.394 e. The van der Waals surface area contributed by atoms with Gasteiger partial charge in [-0.1, -0.05) is 33.1 Å². The molecular formula is C14H28N2O2. The van der Waals surface area contributed by atoms with E-state index in [0.717, 1.165) is 38.6 Å². The van der Waals surface area contributed by atoms with E-state index in [9.17, 15) is 9.90 Å². The topological polar surface area (TPSA) is 52.6 Å². The Morgan fingerprint density at radius 2 is 1.94 bits per heavy atom. The molecule has 1 atom stereocenters. The van der Waals surface area contributed by atoms with Crippen LogP contribution >= 0.6 is 0 Å². The highest BCUT2D eigenvalue weighted by Gasteiger charge is 2.35. The number of aliphatic hydroxyl groups is 1. The molecule has 1 amide bonds. The summed E-state index contributed by atoms with van der Waals surface area (Å²) in [4.78, 5) is 14.4. The smallest absolute Gasteiger partial charge is 0.237 e. The summed E-state index contributed by atoms with van der Waals surface area (Å²) in [6, 6.07) is -0.0830. The first kappa shape index (κ1) is 15.4. The highest BCUT2D eigenvalue weighted by Crippen LogP contribution is 2.28. The van der Waals surface area contributed by atoms with Crippen LogP contribution in [0.25, 0.3) is 0 Å². The molecule has 1 fully saturated rings. The fraction of sp³-hybridized carbons (Fsp3) is 0.929. The van der Waals surface area contributed by atoms with Crippen molar-refractivity contribution in [3.05, 3.63) is 0 Å². The normalized spacial score (nSPS) is 20.7. The van der Waals surface area contributed by atoms with Crippen LogP contribution in [0.2, 0.25) is 0 Å². The molecule has 0 saturated heterocycles. The maximum absolute atomic E-state index is 12.3. The van der Waals surface area contributed by atoms with Gasteiger partial charge in [-0.15, -0.1) is 0 Å². The van der Waals surface area contributed by atoms with Gasteiger partial charge in [-0.2, -0.15) is 0 Å². The van der Waals surface area contributed by atoms with Gasteiger partial charge in [0.15, 0.2) is 0 Å². The van der Waals surface area contributed by atoms with Gasteiger partial charge in [0, 0.05) is 0 Å². The minimum absolute atomic E-state index is 0.0605. The van der Waals surface area contributed by atoms with Crippen LogP contribution in [0.1, 0.15) is 52.4 Å². The third kappa shape index (κ3) is 3.69. The first-order chi connectivity index (χ1) is 8.58. The van der Waals surface area contributed by atoms with E-state index in [-0.39, 0.29) is 24.1 Å². The second-order valence-electron chi connectivity index (χ2n) is 5.49. The van der Waals surface area contributed by atoms with Crippen molar-refractivity contribution in [2.75, 3.05) is 20.2 Å². The van der Waals surface area contributed by atoms with Crippen LogP contribution in [-0.4, -0.2) is 47.7 Å². The lowest BCUT2D eigenvalue weighted by Crippen LogP contribution is -2.57. The monoisotopic (exact) mass is 256 g/mol. The Hall–Kier alpha value is -0.610. The van der Waals surface area contributed by atoms with E-state index in [4.69, 9.17) is 0 Å². The Balaban J connectivity index is 2.65. The minimum Gasteiger partial charge on any atom is -0.394 e. The first-order valence-electron chi connectivity index (χ1n) is 7.21. The number of amides is 1. The summed E-state index contributed by atoms with van der Waals surface area (Å²) in [7, 11) is 1.97. The van der Waals surface area contributed by atoms with Crippen molar-refractivity contribution in [1.82, 2.24) is 10.2 Å². The van der Waals surface area contributed by atoms with Crippen LogP contribution in [0, 0.1) is 0 Å². The predicted molar refractivity (Wildman–Crippen MR) is 73.4 cm³/mol. The number of aliphatic hydroxyl groups excluding tert-OH is 1. The zero-order valence-electron chi connectivity index (χ0n) is 12.0. The number of nitrogens with zero attached hydrogens (tertiary/aromatic N) is 1. The molecule has 0 radical (unpaired) electrons. The van der Waals surface area contributed by atoms with Crippen LogP contribution < -0.4 is 5.32 Å². The molecule has 0 aromatic heterocycles. The average Bonchev–Trinajstić information content (AvgIpc) is 2.40. The third-order valence-electron chi connectivity index (χ3n) is 4.22. The molecule has 0 bridgehead atoms. The van der Waals surface area contributed by atoms with Crippen molar-refractivity contribution in [1.29, 1.82) is 0 Å². The van der Waals surface area contributed by atoms with E-state index in [2.05, 4.69) is 17.1 Å². The zero-order valence-corrected chi connectivity index (χ0v) is 12.0. The van der Waals surface area contributed by atoms with Crippen molar-refractivity contribution in [3.8, 4) is 0 Å². The molecule has 0 aliphatic heterocycles. The average molecular weight is 256 g/mol. The molecule has 0 aromatic carbocycles. The lowest BCUT2D eigenvalue weighted by Gasteiger charge is -2.38. The van der Waals surface area contributed by atoms with Gasteiger partial charge in [-0.3, -0.25) is 9.69 Å². The van der Waals surface area contributed by atoms with E-state index >= 15 is 0 Å². The number of likely N-dealkylation sites (N-methyl/N-ethyl adjacent to an activating group) is 1. The van der Waals surface area contributed by atoms with E-state index in [1.54, 1.807) is 0 Å². The van der Waals surface area contributed by atoms with Crippen molar-refractivity contribution < 1.29 is 9.90 Å². The number of hydrogen-bond donors (Lipinski definition) is 2. The van der Waals surface area contributed by atoms with Gasteiger partial charge in [0.2, 0.25) is 5.91 Å². The molecule has 1 saturated carbocycles. The van der Waals surface area contributed by atoms with Crippen molar-refractivity contribution in [3.63, 3.8) is 0 Å². The first-order valence-corrected chi connectivity index (χ1v) is 7.21. The number of rotatable bonds is 6. The van der Waals surface area contributed by atoms with E-state index < -0.39 is 0 Å². The summed E-state index contributed by atoms with van der Waals surface area (Å²) in [5, 5.41) is 12.7. The summed E-state index contributed by atoms with van der Waals surface area (Å²) in [6.07, 6.45) is 6.02. The van der Waals surface area contributed by atoms with Crippen molar-refractivity contribution in [2.45, 2.75) is 64.0 Å². The Morgan fingerprint density at radius 3 is 2.39 bits per heavy atom. The number of hydrogen-bond acceptors (Lipinski definition) is 3. The maximum atomic E-state index is 12.3. The van der Waals surface area contributed by atoms with E-state index in [0.29, 0.717) is 0 Å². The van der Waals surface area contributed by atoms with Crippen LogP contribution in [0.4, 0.5) is 0 Å². The molecule has 1 aliphatic rings. The fourth-order valence-corrected chi connectivity index (χ4v) is 2.81. The van der Waals surface area contributed by atoms with Crippen molar-refractivity contribution >= 4 is 5.91 Å². The lowest BCUT2D eigenvalue weighted by molar-refractivity contribution is -0.129. The summed E-state index contributed by atoms with van der Waals surface area (Å²) >= 11 is 0. The highest BCUT2D eigenvalue weighted by molar-refractivity contribution is 5.82. The van der Waals surface area contributed by atoms with Crippen LogP contribution in [0.5, 0.6) is 0 Å². The quantitative estimate of drug-likeness (QED) is 0.758. The number of nitrogens with one attached hydrogen (secondary N) is 1. The molecule has 0 heterocycles. The molecule has 0 spiro atoms. The Morgan fingerprint density at radius 1 is 1.33 bits per heavy atom. The molecule has 0 aromatic rings. The standard InChI is InChI=1S/C14H28N2O2/c1-4-12(16(3)5-2)13(18)15-14(11-17)9-7-6-8-10-14/h12,17H,4-11H2,1-3H3,(H,15,18)/t12-/m0/s1. The third-order valence-corrected chi connectivity index (χ3v) is 4.22. The summed E-state index contributed by atoms with van der Waals surface area (Å²) in [5.74, 6) is 0.0674. The number of carbonyl (C=O) groups is 1. The summed E-state index contributed by atoms with van der Waals surface area (Å²) in [6.45, 7) is 5.00. The molecule has 4 nitrogen and oxygen atoms in total. The second kappa shape index (κ2) is 7.10.